The van der Waals surface area contributed by atoms with Crippen molar-refractivity contribution in [1.82, 2.24) is 15.3 Å². The minimum atomic E-state index is -0.220. The molecule has 0 radical (unpaired) electrons. The SMILES string of the molecule is COc1cccc(OCC(=O)NCc2cc(C)nc(N3CCOCC3)n2)c1. The highest BCUT2D eigenvalue weighted by Crippen LogP contribution is 2.18. The van der Waals surface area contributed by atoms with E-state index in [1.54, 1.807) is 19.2 Å². The lowest BCUT2D eigenvalue weighted by atomic mass is 10.3. The smallest absolute Gasteiger partial charge is 0.258 e. The van der Waals surface area contributed by atoms with Crippen molar-refractivity contribution in [3.63, 3.8) is 0 Å². The van der Waals surface area contributed by atoms with Crippen LogP contribution >= 0.6 is 0 Å². The minimum absolute atomic E-state index is 0.0758. The number of hydrogen-bond acceptors (Lipinski definition) is 7. The number of aryl methyl sites for hydroxylation is 1. The Kier molecular flexibility index (Phi) is 6.43. The van der Waals surface area contributed by atoms with Crippen molar-refractivity contribution in [3.05, 3.63) is 41.7 Å². The van der Waals surface area contributed by atoms with Gasteiger partial charge in [0.2, 0.25) is 5.95 Å². The monoisotopic (exact) mass is 372 g/mol. The highest BCUT2D eigenvalue weighted by molar-refractivity contribution is 5.77. The number of amides is 1. The maximum Gasteiger partial charge on any atom is 0.258 e. The molecule has 1 aliphatic rings. The number of methoxy groups -OCH3 is 1. The number of carbonyl (C=O) groups excluding carboxylic acids is 1. The lowest BCUT2D eigenvalue weighted by Gasteiger charge is -2.27. The molecule has 8 nitrogen and oxygen atoms in total. The molecule has 144 valence electrons. The number of carbonyl (C=O) groups is 1. The molecule has 1 aromatic heterocycles. The van der Waals surface area contributed by atoms with Crippen LogP contribution in [0.5, 0.6) is 11.5 Å². The molecule has 1 amide bonds. The highest BCUT2D eigenvalue weighted by Gasteiger charge is 2.15. The van der Waals surface area contributed by atoms with Gasteiger partial charge in [0.1, 0.15) is 11.5 Å². The van der Waals surface area contributed by atoms with Gasteiger partial charge in [-0.3, -0.25) is 4.79 Å². The normalized spacial score (nSPS) is 13.9. The lowest BCUT2D eigenvalue weighted by Crippen LogP contribution is -2.37. The fraction of sp³-hybridized carbons (Fsp3) is 0.421. The summed E-state index contributed by atoms with van der Waals surface area (Å²) in [6.07, 6.45) is 0. The van der Waals surface area contributed by atoms with E-state index in [4.69, 9.17) is 14.2 Å². The van der Waals surface area contributed by atoms with Crippen molar-refractivity contribution in [2.75, 3.05) is 44.9 Å². The first-order valence-electron chi connectivity index (χ1n) is 8.85. The van der Waals surface area contributed by atoms with Gasteiger partial charge >= 0.3 is 0 Å². The maximum atomic E-state index is 12.1. The molecule has 1 N–H and O–H groups in total. The molecule has 1 fully saturated rings. The van der Waals surface area contributed by atoms with E-state index >= 15 is 0 Å². The minimum Gasteiger partial charge on any atom is -0.497 e. The number of rotatable bonds is 7. The highest BCUT2D eigenvalue weighted by atomic mass is 16.5. The molecule has 1 aliphatic heterocycles. The van der Waals surface area contributed by atoms with Crippen LogP contribution in [0.1, 0.15) is 11.4 Å². The van der Waals surface area contributed by atoms with Crippen LogP contribution in [0.3, 0.4) is 0 Å². The molecule has 0 saturated carbocycles. The summed E-state index contributed by atoms with van der Waals surface area (Å²) in [5.41, 5.74) is 1.63. The Morgan fingerprint density at radius 3 is 2.78 bits per heavy atom. The van der Waals surface area contributed by atoms with Gasteiger partial charge in [-0.1, -0.05) is 6.07 Å². The van der Waals surface area contributed by atoms with Gasteiger partial charge in [0.05, 0.1) is 32.6 Å². The Hall–Kier alpha value is -2.87. The Morgan fingerprint density at radius 2 is 2.00 bits per heavy atom. The molecule has 0 unspecified atom stereocenters. The van der Waals surface area contributed by atoms with Crippen LogP contribution < -0.4 is 19.7 Å². The average Bonchev–Trinajstić information content (AvgIpc) is 2.71. The van der Waals surface area contributed by atoms with Crippen LogP contribution in [0.25, 0.3) is 0 Å². The zero-order chi connectivity index (χ0) is 19.1. The number of morpholine rings is 1. The van der Waals surface area contributed by atoms with E-state index in [0.717, 1.165) is 24.5 Å². The van der Waals surface area contributed by atoms with Crippen LogP contribution in [-0.4, -0.2) is 55.9 Å². The zero-order valence-corrected chi connectivity index (χ0v) is 15.6. The Balaban J connectivity index is 1.52. The predicted octanol–water partition coefficient (Wildman–Crippen LogP) is 1.33. The summed E-state index contributed by atoms with van der Waals surface area (Å²) in [4.78, 5) is 23.2. The van der Waals surface area contributed by atoms with Crippen molar-refractivity contribution in [1.29, 1.82) is 0 Å². The number of hydrogen-bond donors (Lipinski definition) is 1. The predicted molar refractivity (Wildman–Crippen MR) is 100 cm³/mol. The molecule has 3 rings (SSSR count). The van der Waals surface area contributed by atoms with Crippen molar-refractivity contribution in [2.24, 2.45) is 0 Å². The summed E-state index contributed by atoms with van der Waals surface area (Å²) in [5.74, 6) is 1.72. The number of nitrogens with one attached hydrogen (secondary N) is 1. The van der Waals surface area contributed by atoms with Crippen molar-refractivity contribution in [3.8, 4) is 11.5 Å². The van der Waals surface area contributed by atoms with Crippen LogP contribution in [0.4, 0.5) is 5.95 Å². The van der Waals surface area contributed by atoms with Crippen molar-refractivity contribution < 1.29 is 19.0 Å². The van der Waals surface area contributed by atoms with Gasteiger partial charge in [-0.15, -0.1) is 0 Å². The first-order valence-corrected chi connectivity index (χ1v) is 8.85. The number of nitrogens with zero attached hydrogens (tertiary/aromatic N) is 3. The number of aromatic nitrogens is 2. The fourth-order valence-corrected chi connectivity index (χ4v) is 2.69. The fourth-order valence-electron chi connectivity index (χ4n) is 2.69. The van der Waals surface area contributed by atoms with E-state index in [-0.39, 0.29) is 12.5 Å². The maximum absolute atomic E-state index is 12.1. The summed E-state index contributed by atoms with van der Waals surface area (Å²) in [6, 6.07) is 9.00. The van der Waals surface area contributed by atoms with Gasteiger partial charge in [0, 0.05) is 24.8 Å². The van der Waals surface area contributed by atoms with Gasteiger partial charge < -0.3 is 24.4 Å². The standard InChI is InChI=1S/C19H24N4O4/c1-14-10-15(22-19(21-14)23-6-8-26-9-7-23)12-20-18(24)13-27-17-5-3-4-16(11-17)25-2/h3-5,10-11H,6-9,12-13H2,1-2H3,(H,20,24). The average molecular weight is 372 g/mol. The quantitative estimate of drug-likeness (QED) is 0.785. The summed E-state index contributed by atoms with van der Waals surface area (Å²) in [7, 11) is 1.58. The van der Waals surface area contributed by atoms with E-state index in [9.17, 15) is 4.79 Å². The summed E-state index contributed by atoms with van der Waals surface area (Å²) in [5, 5.41) is 2.83. The number of anilines is 1. The Labute approximate surface area is 158 Å². The van der Waals surface area contributed by atoms with Gasteiger partial charge in [-0.25, -0.2) is 9.97 Å². The molecule has 1 aromatic carbocycles. The van der Waals surface area contributed by atoms with Gasteiger partial charge in [-0.05, 0) is 25.1 Å². The van der Waals surface area contributed by atoms with E-state index < -0.39 is 0 Å². The summed E-state index contributed by atoms with van der Waals surface area (Å²) >= 11 is 0. The van der Waals surface area contributed by atoms with Crippen molar-refractivity contribution in [2.45, 2.75) is 13.5 Å². The molecule has 2 heterocycles. The van der Waals surface area contributed by atoms with Crippen LogP contribution in [0, 0.1) is 6.92 Å². The first-order chi connectivity index (χ1) is 13.1. The van der Waals surface area contributed by atoms with E-state index in [0.29, 0.717) is 37.2 Å². The molecule has 0 aliphatic carbocycles. The Morgan fingerprint density at radius 1 is 1.22 bits per heavy atom. The van der Waals surface area contributed by atoms with Gasteiger partial charge in [0.15, 0.2) is 6.61 Å². The molecular weight excluding hydrogens is 348 g/mol. The van der Waals surface area contributed by atoms with Crippen molar-refractivity contribution >= 4 is 11.9 Å². The lowest BCUT2D eigenvalue weighted by molar-refractivity contribution is -0.123. The van der Waals surface area contributed by atoms with Gasteiger partial charge in [-0.2, -0.15) is 0 Å². The van der Waals surface area contributed by atoms with Crippen LogP contribution in [0.15, 0.2) is 30.3 Å². The summed E-state index contributed by atoms with van der Waals surface area (Å²) in [6.45, 7) is 5.04. The third-order valence-electron chi connectivity index (χ3n) is 4.07. The third kappa shape index (κ3) is 5.55. The summed E-state index contributed by atoms with van der Waals surface area (Å²) < 4.78 is 16.0. The van der Waals surface area contributed by atoms with E-state index in [1.165, 1.54) is 0 Å². The molecule has 1 saturated heterocycles. The molecular formula is C19H24N4O4. The molecule has 0 atom stereocenters. The second kappa shape index (κ2) is 9.18. The van der Waals surface area contributed by atoms with E-state index in [2.05, 4.69) is 20.2 Å². The first kappa shape index (κ1) is 18.9. The molecule has 8 heteroatoms. The molecule has 2 aromatic rings. The van der Waals surface area contributed by atoms with Gasteiger partial charge in [0.25, 0.3) is 5.91 Å². The van der Waals surface area contributed by atoms with Crippen LogP contribution in [-0.2, 0) is 16.1 Å². The zero-order valence-electron chi connectivity index (χ0n) is 15.6. The topological polar surface area (TPSA) is 85.8 Å². The molecule has 0 bridgehead atoms. The molecule has 0 spiro atoms. The van der Waals surface area contributed by atoms with Crippen LogP contribution in [0.2, 0.25) is 0 Å². The number of benzene rings is 1. The second-order valence-electron chi connectivity index (χ2n) is 6.14. The largest absolute Gasteiger partial charge is 0.497 e. The second-order valence-corrected chi connectivity index (χ2v) is 6.14. The number of ether oxygens (including phenoxy) is 3. The van der Waals surface area contributed by atoms with E-state index in [1.807, 2.05) is 25.1 Å². The third-order valence-corrected chi connectivity index (χ3v) is 4.07. The Bertz CT molecular complexity index is 778. The molecule has 27 heavy (non-hydrogen) atoms.